The van der Waals surface area contributed by atoms with E-state index in [-0.39, 0.29) is 17.6 Å². The van der Waals surface area contributed by atoms with Crippen LogP contribution in [0.4, 0.5) is 0 Å². The summed E-state index contributed by atoms with van der Waals surface area (Å²) in [6.45, 7) is 4.19. The minimum absolute atomic E-state index is 0.0736. The number of para-hydroxylation sites is 1. The van der Waals surface area contributed by atoms with Crippen molar-refractivity contribution in [2.45, 2.75) is 38.9 Å². The molecule has 0 bridgehead atoms. The van der Waals surface area contributed by atoms with Gasteiger partial charge in [0, 0.05) is 11.8 Å². The maximum atomic E-state index is 9.74. The lowest BCUT2D eigenvalue weighted by molar-refractivity contribution is -0.147. The van der Waals surface area contributed by atoms with Gasteiger partial charge in [0.1, 0.15) is 11.9 Å². The highest BCUT2D eigenvalue weighted by molar-refractivity contribution is 5.22. The molecule has 0 saturated heterocycles. The van der Waals surface area contributed by atoms with E-state index >= 15 is 0 Å². The van der Waals surface area contributed by atoms with Gasteiger partial charge in [-0.2, -0.15) is 0 Å². The molecule has 0 aromatic heterocycles. The number of rotatable bonds is 3. The second-order valence-corrected chi connectivity index (χ2v) is 4.53. The minimum atomic E-state index is -0.212. The Hall–Kier alpha value is -1.02. The largest absolute Gasteiger partial charge is 0.490 e. The van der Waals surface area contributed by atoms with Crippen molar-refractivity contribution in [2.24, 2.45) is 5.41 Å². The van der Waals surface area contributed by atoms with Crippen LogP contribution < -0.4 is 4.74 Å². The number of aliphatic hydroxyl groups is 1. The Balaban J connectivity index is 2.03. The first-order chi connectivity index (χ1) is 7.16. The molecule has 3 unspecified atom stereocenters. The Labute approximate surface area is 90.9 Å². The highest BCUT2D eigenvalue weighted by Gasteiger charge is 2.51. The predicted molar refractivity (Wildman–Crippen MR) is 59.9 cm³/mol. The van der Waals surface area contributed by atoms with Crippen LogP contribution >= 0.6 is 0 Å². The molecule has 0 heterocycles. The standard InChI is InChI=1S/C13H18O2/c1-3-13(2)11(14)9-12(13)15-10-7-5-4-6-8-10/h4-8,11-12,14H,3,9H2,1-2H3. The van der Waals surface area contributed by atoms with Crippen molar-refractivity contribution in [3.63, 3.8) is 0 Å². The van der Waals surface area contributed by atoms with E-state index in [9.17, 15) is 5.11 Å². The number of hydrogen-bond donors (Lipinski definition) is 1. The van der Waals surface area contributed by atoms with E-state index in [1.165, 1.54) is 0 Å². The zero-order valence-corrected chi connectivity index (χ0v) is 9.31. The first-order valence-electron chi connectivity index (χ1n) is 5.56. The zero-order valence-electron chi connectivity index (χ0n) is 9.31. The zero-order chi connectivity index (χ0) is 10.9. The summed E-state index contributed by atoms with van der Waals surface area (Å²) >= 11 is 0. The summed E-state index contributed by atoms with van der Waals surface area (Å²) in [6, 6.07) is 9.82. The molecule has 1 fully saturated rings. The Kier molecular flexibility index (Phi) is 2.70. The Morgan fingerprint density at radius 1 is 1.40 bits per heavy atom. The SMILES string of the molecule is CCC1(C)C(O)CC1Oc1ccccc1. The predicted octanol–water partition coefficient (Wildman–Crippen LogP) is 2.61. The molecular weight excluding hydrogens is 188 g/mol. The summed E-state index contributed by atoms with van der Waals surface area (Å²) in [5.74, 6) is 0.897. The van der Waals surface area contributed by atoms with Crippen molar-refractivity contribution >= 4 is 0 Å². The molecule has 0 amide bonds. The van der Waals surface area contributed by atoms with E-state index in [0.717, 1.165) is 18.6 Å². The fraction of sp³-hybridized carbons (Fsp3) is 0.538. The number of aliphatic hydroxyl groups excluding tert-OH is 1. The molecule has 1 aliphatic rings. The molecule has 1 aliphatic carbocycles. The first-order valence-corrected chi connectivity index (χ1v) is 5.56. The fourth-order valence-corrected chi connectivity index (χ4v) is 2.10. The van der Waals surface area contributed by atoms with Gasteiger partial charge in [-0.25, -0.2) is 0 Å². The van der Waals surface area contributed by atoms with Gasteiger partial charge in [-0.05, 0) is 18.6 Å². The van der Waals surface area contributed by atoms with E-state index in [1.807, 2.05) is 30.3 Å². The third kappa shape index (κ3) is 1.74. The Morgan fingerprint density at radius 2 is 2.07 bits per heavy atom. The van der Waals surface area contributed by atoms with Crippen molar-refractivity contribution < 1.29 is 9.84 Å². The van der Waals surface area contributed by atoms with Gasteiger partial charge in [-0.1, -0.05) is 32.0 Å². The molecule has 3 atom stereocenters. The lowest BCUT2D eigenvalue weighted by atomic mass is 9.63. The normalized spacial score (nSPS) is 34.6. The van der Waals surface area contributed by atoms with Gasteiger partial charge in [-0.15, -0.1) is 0 Å². The van der Waals surface area contributed by atoms with Crippen molar-refractivity contribution in [1.82, 2.24) is 0 Å². The smallest absolute Gasteiger partial charge is 0.119 e. The van der Waals surface area contributed by atoms with Gasteiger partial charge in [0.05, 0.1) is 6.10 Å². The van der Waals surface area contributed by atoms with Crippen molar-refractivity contribution in [2.75, 3.05) is 0 Å². The van der Waals surface area contributed by atoms with Gasteiger partial charge in [0.2, 0.25) is 0 Å². The van der Waals surface area contributed by atoms with Crippen LogP contribution in [0.25, 0.3) is 0 Å². The third-order valence-corrected chi connectivity index (χ3v) is 3.72. The topological polar surface area (TPSA) is 29.5 Å². The monoisotopic (exact) mass is 206 g/mol. The van der Waals surface area contributed by atoms with Gasteiger partial charge < -0.3 is 9.84 Å². The molecule has 1 N–H and O–H groups in total. The van der Waals surface area contributed by atoms with Gasteiger partial charge in [0.15, 0.2) is 0 Å². The number of ether oxygens (including phenoxy) is 1. The quantitative estimate of drug-likeness (QED) is 0.823. The molecule has 2 rings (SSSR count). The maximum absolute atomic E-state index is 9.74. The van der Waals surface area contributed by atoms with Crippen LogP contribution in [0.5, 0.6) is 5.75 Å². The van der Waals surface area contributed by atoms with E-state index < -0.39 is 0 Å². The average Bonchev–Trinajstić information content (AvgIpc) is 2.29. The summed E-state index contributed by atoms with van der Waals surface area (Å²) < 4.78 is 5.87. The van der Waals surface area contributed by atoms with Crippen LogP contribution in [0.3, 0.4) is 0 Å². The summed E-state index contributed by atoms with van der Waals surface area (Å²) in [6.07, 6.45) is 1.64. The van der Waals surface area contributed by atoms with E-state index in [2.05, 4.69) is 13.8 Å². The van der Waals surface area contributed by atoms with Crippen LogP contribution in [0, 0.1) is 5.41 Å². The highest BCUT2D eigenvalue weighted by Crippen LogP contribution is 2.45. The fourth-order valence-electron chi connectivity index (χ4n) is 2.10. The van der Waals surface area contributed by atoms with Crippen molar-refractivity contribution in [3.05, 3.63) is 30.3 Å². The molecule has 82 valence electrons. The van der Waals surface area contributed by atoms with Crippen LogP contribution in [0.1, 0.15) is 26.7 Å². The molecule has 1 aromatic rings. The lowest BCUT2D eigenvalue weighted by Crippen LogP contribution is -2.57. The molecule has 1 saturated carbocycles. The van der Waals surface area contributed by atoms with Crippen LogP contribution in [0.2, 0.25) is 0 Å². The summed E-state index contributed by atoms with van der Waals surface area (Å²) in [5, 5.41) is 9.74. The number of hydrogen-bond acceptors (Lipinski definition) is 2. The molecule has 2 nitrogen and oxygen atoms in total. The van der Waals surface area contributed by atoms with Crippen LogP contribution in [0.15, 0.2) is 30.3 Å². The second-order valence-electron chi connectivity index (χ2n) is 4.53. The average molecular weight is 206 g/mol. The minimum Gasteiger partial charge on any atom is -0.490 e. The number of benzene rings is 1. The molecule has 1 aromatic carbocycles. The molecule has 0 aliphatic heterocycles. The van der Waals surface area contributed by atoms with Crippen LogP contribution in [-0.4, -0.2) is 17.3 Å². The van der Waals surface area contributed by atoms with Gasteiger partial charge in [-0.3, -0.25) is 0 Å². The van der Waals surface area contributed by atoms with E-state index in [0.29, 0.717) is 0 Å². The van der Waals surface area contributed by atoms with Crippen LogP contribution in [-0.2, 0) is 0 Å². The molecular formula is C13H18O2. The molecule has 15 heavy (non-hydrogen) atoms. The molecule has 0 radical (unpaired) electrons. The van der Waals surface area contributed by atoms with Crippen molar-refractivity contribution in [1.29, 1.82) is 0 Å². The van der Waals surface area contributed by atoms with E-state index in [1.54, 1.807) is 0 Å². The summed E-state index contributed by atoms with van der Waals surface area (Å²) in [5.41, 5.74) is -0.0736. The summed E-state index contributed by atoms with van der Waals surface area (Å²) in [7, 11) is 0. The Bertz CT molecular complexity index is 323. The van der Waals surface area contributed by atoms with Crippen molar-refractivity contribution in [3.8, 4) is 5.75 Å². The third-order valence-electron chi connectivity index (χ3n) is 3.72. The van der Waals surface area contributed by atoms with Gasteiger partial charge in [0.25, 0.3) is 0 Å². The Morgan fingerprint density at radius 3 is 2.60 bits per heavy atom. The van der Waals surface area contributed by atoms with E-state index in [4.69, 9.17) is 4.74 Å². The highest BCUT2D eigenvalue weighted by atomic mass is 16.5. The molecule has 2 heteroatoms. The summed E-state index contributed by atoms with van der Waals surface area (Å²) in [4.78, 5) is 0. The molecule has 0 spiro atoms. The maximum Gasteiger partial charge on any atom is 0.119 e. The first kappa shape index (κ1) is 10.5. The lowest BCUT2D eigenvalue weighted by Gasteiger charge is -2.50. The van der Waals surface area contributed by atoms with Gasteiger partial charge >= 0.3 is 0 Å². The second kappa shape index (κ2) is 3.86.